The normalized spacial score (nSPS) is 14.0. The van der Waals surface area contributed by atoms with Crippen LogP contribution in [0.25, 0.3) is 0 Å². The number of alkyl halides is 2. The second-order valence-corrected chi connectivity index (χ2v) is 4.46. The van der Waals surface area contributed by atoms with Gasteiger partial charge in [-0.3, -0.25) is 10.3 Å². The van der Waals surface area contributed by atoms with Crippen LogP contribution in [-0.2, 0) is 10.1 Å². The fraction of sp³-hybridized carbons (Fsp3) is 1.00. The average Bonchev–Trinajstić information content (AvgIpc) is 1.25. The Balaban J connectivity index is 4.53. The second-order valence-electron chi connectivity index (χ2n) is 1.04. The fourth-order valence-electron chi connectivity index (χ4n) is 0. The maximum Gasteiger partial charge on any atom is 0.313 e. The average molecular weight is 180 g/mol. The lowest BCUT2D eigenvalue weighted by atomic mass is 11.5. The van der Waals surface area contributed by atoms with Crippen LogP contribution in [0.5, 0.6) is 0 Å². The zero-order valence-corrected chi connectivity index (χ0v) is 5.83. The number of rotatable bonds is 1. The van der Waals surface area contributed by atoms with E-state index in [2.05, 4.69) is 5.73 Å². The van der Waals surface area contributed by atoms with Gasteiger partial charge in [-0.15, -0.1) is 0 Å². The summed E-state index contributed by atoms with van der Waals surface area (Å²) in [6, 6.07) is 0. The Kier molecular flexibility index (Phi) is 2.11. The first kappa shape index (κ1) is 8.45. The van der Waals surface area contributed by atoms with Crippen molar-refractivity contribution in [2.75, 3.05) is 0 Å². The quantitative estimate of drug-likeness (QED) is 0.336. The van der Waals surface area contributed by atoms with E-state index in [0.29, 0.717) is 0 Å². The van der Waals surface area contributed by atoms with Crippen molar-refractivity contribution in [2.24, 2.45) is 5.73 Å². The van der Waals surface area contributed by atoms with Gasteiger partial charge in [0.2, 0.25) is 0 Å². The standard InChI is InChI=1S/CH3Cl2NO3S/c2-1(3,4)8(5,6)7/h4H2,(H,5,6,7). The molecule has 0 aromatic rings. The van der Waals surface area contributed by atoms with Crippen LogP contribution in [0.4, 0.5) is 0 Å². The van der Waals surface area contributed by atoms with Gasteiger partial charge in [0.1, 0.15) is 0 Å². The number of hydrogen-bond acceptors (Lipinski definition) is 3. The highest BCUT2D eigenvalue weighted by Gasteiger charge is 2.33. The molecule has 0 heterocycles. The molecule has 50 valence electrons. The van der Waals surface area contributed by atoms with Crippen molar-refractivity contribution >= 4 is 33.3 Å². The lowest BCUT2D eigenvalue weighted by Gasteiger charge is -2.06. The van der Waals surface area contributed by atoms with Crippen LogP contribution in [0.2, 0.25) is 0 Å². The minimum Gasteiger partial charge on any atom is -0.285 e. The van der Waals surface area contributed by atoms with Gasteiger partial charge in [-0.2, -0.15) is 8.42 Å². The van der Waals surface area contributed by atoms with Crippen molar-refractivity contribution in [1.29, 1.82) is 0 Å². The Labute approximate surface area is 56.3 Å². The van der Waals surface area contributed by atoms with Crippen LogP contribution in [0, 0.1) is 0 Å². The van der Waals surface area contributed by atoms with Gasteiger partial charge in [0.25, 0.3) is 3.79 Å². The number of halogens is 2. The predicted octanol–water partition coefficient (Wildman–Crippen LogP) is -0.0782. The largest absolute Gasteiger partial charge is 0.313 e. The molecule has 8 heavy (non-hydrogen) atoms. The van der Waals surface area contributed by atoms with Gasteiger partial charge in [0, 0.05) is 0 Å². The van der Waals surface area contributed by atoms with Gasteiger partial charge in [-0.25, -0.2) is 0 Å². The SMILES string of the molecule is NC(Cl)(Cl)S(=O)(=O)O. The van der Waals surface area contributed by atoms with Crippen molar-refractivity contribution in [3.63, 3.8) is 0 Å². The Bertz CT molecular complexity index is 166. The van der Waals surface area contributed by atoms with E-state index in [-0.39, 0.29) is 0 Å². The van der Waals surface area contributed by atoms with Crippen LogP contribution in [0.3, 0.4) is 0 Å². The molecule has 0 saturated heterocycles. The molecule has 3 N–H and O–H groups in total. The summed E-state index contributed by atoms with van der Waals surface area (Å²) in [5, 5.41) is 0. The van der Waals surface area contributed by atoms with Crippen molar-refractivity contribution < 1.29 is 13.0 Å². The highest BCUT2D eigenvalue weighted by atomic mass is 35.5. The molecule has 0 aromatic carbocycles. The fourth-order valence-corrected chi connectivity index (χ4v) is 0. The Morgan fingerprint density at radius 2 is 1.62 bits per heavy atom. The van der Waals surface area contributed by atoms with Crippen molar-refractivity contribution in [2.45, 2.75) is 3.79 Å². The zero-order valence-electron chi connectivity index (χ0n) is 3.51. The molecule has 0 amide bonds. The van der Waals surface area contributed by atoms with Crippen LogP contribution >= 0.6 is 23.2 Å². The molecule has 0 spiro atoms. The van der Waals surface area contributed by atoms with Crippen molar-refractivity contribution in [3.05, 3.63) is 0 Å². The van der Waals surface area contributed by atoms with Crippen LogP contribution in [0.1, 0.15) is 0 Å². The highest BCUT2D eigenvalue weighted by molar-refractivity contribution is 7.90. The lowest BCUT2D eigenvalue weighted by Crippen LogP contribution is -2.35. The minimum absolute atomic E-state index is 2.59. The lowest BCUT2D eigenvalue weighted by molar-refractivity contribution is 0.475. The van der Waals surface area contributed by atoms with Gasteiger partial charge < -0.3 is 0 Å². The van der Waals surface area contributed by atoms with Crippen molar-refractivity contribution in [1.82, 2.24) is 0 Å². The topological polar surface area (TPSA) is 80.4 Å². The summed E-state index contributed by atoms with van der Waals surface area (Å²) in [4.78, 5) is 0. The van der Waals surface area contributed by atoms with E-state index in [4.69, 9.17) is 27.8 Å². The Morgan fingerprint density at radius 3 is 1.62 bits per heavy atom. The third-order valence-corrected chi connectivity index (χ3v) is 2.20. The first-order chi connectivity index (χ1) is 3.25. The second kappa shape index (κ2) is 2.00. The van der Waals surface area contributed by atoms with E-state index in [1.165, 1.54) is 0 Å². The van der Waals surface area contributed by atoms with Crippen LogP contribution in [-0.4, -0.2) is 16.8 Å². The maximum absolute atomic E-state index is 9.82. The monoisotopic (exact) mass is 179 g/mol. The third-order valence-electron chi connectivity index (χ3n) is 0.344. The van der Waals surface area contributed by atoms with E-state index in [9.17, 15) is 8.42 Å². The third kappa shape index (κ3) is 2.15. The molecular weight excluding hydrogens is 177 g/mol. The summed E-state index contributed by atoms with van der Waals surface area (Å²) in [6.45, 7) is 0. The molecule has 0 aromatic heterocycles. The first-order valence-electron chi connectivity index (χ1n) is 1.39. The first-order valence-corrected chi connectivity index (χ1v) is 3.58. The molecule has 0 aliphatic heterocycles. The molecule has 0 rings (SSSR count). The summed E-state index contributed by atoms with van der Waals surface area (Å²) < 4.78 is 25.0. The summed E-state index contributed by atoms with van der Waals surface area (Å²) in [6.07, 6.45) is 0. The maximum atomic E-state index is 9.82. The van der Waals surface area contributed by atoms with Gasteiger partial charge in [0.05, 0.1) is 0 Å². The predicted molar refractivity (Wildman–Crippen MR) is 30.2 cm³/mol. The van der Waals surface area contributed by atoms with E-state index < -0.39 is 13.9 Å². The molecule has 0 saturated carbocycles. The Morgan fingerprint density at radius 1 is 1.50 bits per heavy atom. The smallest absolute Gasteiger partial charge is 0.285 e. The molecular formula is CH3Cl2NO3S. The van der Waals surface area contributed by atoms with E-state index in [1.54, 1.807) is 0 Å². The van der Waals surface area contributed by atoms with Crippen LogP contribution in [0.15, 0.2) is 0 Å². The van der Waals surface area contributed by atoms with E-state index in [0.717, 1.165) is 0 Å². The van der Waals surface area contributed by atoms with Gasteiger partial charge in [0.15, 0.2) is 0 Å². The van der Waals surface area contributed by atoms with Gasteiger partial charge >= 0.3 is 10.1 Å². The number of nitrogens with two attached hydrogens (primary N) is 1. The number of hydrogen-bond donors (Lipinski definition) is 2. The molecule has 0 fully saturated rings. The molecule has 0 bridgehead atoms. The molecule has 0 unspecified atom stereocenters. The molecule has 0 atom stereocenters. The molecule has 7 heteroatoms. The van der Waals surface area contributed by atoms with Gasteiger partial charge in [-0.1, -0.05) is 23.2 Å². The van der Waals surface area contributed by atoms with E-state index >= 15 is 0 Å². The summed E-state index contributed by atoms with van der Waals surface area (Å²) in [5.41, 5.74) is 4.51. The van der Waals surface area contributed by atoms with Crippen molar-refractivity contribution in [3.8, 4) is 0 Å². The Hall–Kier alpha value is 0.450. The summed E-state index contributed by atoms with van der Waals surface area (Å²) in [5.74, 6) is 0. The zero-order chi connectivity index (χ0) is 7.00. The van der Waals surface area contributed by atoms with Gasteiger partial charge in [-0.05, 0) is 0 Å². The molecule has 0 aliphatic carbocycles. The summed E-state index contributed by atoms with van der Waals surface area (Å²) >= 11 is 9.43. The van der Waals surface area contributed by atoms with E-state index in [1.807, 2.05) is 0 Å². The molecule has 0 aliphatic rings. The minimum atomic E-state index is -4.53. The highest BCUT2D eigenvalue weighted by Crippen LogP contribution is 2.18. The molecule has 4 nitrogen and oxygen atoms in total. The summed E-state index contributed by atoms with van der Waals surface area (Å²) in [7, 11) is -4.53. The molecule has 0 radical (unpaired) electrons. The van der Waals surface area contributed by atoms with Crippen LogP contribution < -0.4 is 5.73 Å².